The molecule has 0 bridgehead atoms. The molecule has 0 aromatic heterocycles. The molecule has 0 spiro atoms. The summed E-state index contributed by atoms with van der Waals surface area (Å²) in [6.45, 7) is 5.63. The van der Waals surface area contributed by atoms with Crippen molar-refractivity contribution >= 4 is 34.9 Å². The Hall–Kier alpha value is -1.95. The first-order valence-corrected chi connectivity index (χ1v) is 11.6. The van der Waals surface area contributed by atoms with Crippen LogP contribution in [0.4, 0.5) is 10.5 Å². The van der Waals surface area contributed by atoms with Crippen molar-refractivity contribution in [2.45, 2.75) is 45.2 Å². The van der Waals surface area contributed by atoms with Gasteiger partial charge in [0, 0.05) is 31.4 Å². The second kappa shape index (κ2) is 11.6. The van der Waals surface area contributed by atoms with Crippen molar-refractivity contribution in [1.82, 2.24) is 9.80 Å². The Bertz CT molecular complexity index is 860. The van der Waals surface area contributed by atoms with Crippen LogP contribution in [0.1, 0.15) is 38.2 Å². The average Bonchev–Trinajstić information content (AvgIpc) is 2.77. The van der Waals surface area contributed by atoms with Gasteiger partial charge in [0.05, 0.1) is 17.2 Å². The highest BCUT2D eigenvalue weighted by Crippen LogP contribution is 2.25. The van der Waals surface area contributed by atoms with Crippen molar-refractivity contribution < 1.29 is 9.53 Å². The van der Waals surface area contributed by atoms with Crippen LogP contribution in [0.5, 0.6) is 5.75 Å². The minimum absolute atomic E-state index is 0.152. The molecule has 1 atom stereocenters. The molecule has 1 unspecified atom stereocenters. The molecular formula is C24H31Cl2N3O2. The van der Waals surface area contributed by atoms with Gasteiger partial charge in [-0.3, -0.25) is 0 Å². The molecule has 7 heteroatoms. The molecule has 1 fully saturated rings. The minimum Gasteiger partial charge on any atom is -0.497 e. The Morgan fingerprint density at radius 1 is 1.16 bits per heavy atom. The van der Waals surface area contributed by atoms with Crippen molar-refractivity contribution in [3.8, 4) is 5.75 Å². The topological polar surface area (TPSA) is 44.8 Å². The summed E-state index contributed by atoms with van der Waals surface area (Å²) in [6, 6.07) is 13.4. The Kier molecular flexibility index (Phi) is 8.88. The molecule has 2 amide bonds. The number of likely N-dealkylation sites (tertiary alicyclic amines) is 1. The van der Waals surface area contributed by atoms with Crippen molar-refractivity contribution in [3.63, 3.8) is 0 Å². The summed E-state index contributed by atoms with van der Waals surface area (Å²) >= 11 is 12.1. The number of urea groups is 1. The predicted molar refractivity (Wildman–Crippen MR) is 128 cm³/mol. The van der Waals surface area contributed by atoms with Crippen molar-refractivity contribution in [3.05, 3.63) is 58.1 Å². The van der Waals surface area contributed by atoms with E-state index in [1.165, 1.54) is 19.3 Å². The summed E-state index contributed by atoms with van der Waals surface area (Å²) in [5, 5.41) is 3.84. The summed E-state index contributed by atoms with van der Waals surface area (Å²) < 4.78 is 5.24. The van der Waals surface area contributed by atoms with Gasteiger partial charge in [-0.25, -0.2) is 4.79 Å². The summed E-state index contributed by atoms with van der Waals surface area (Å²) in [7, 11) is 1.65. The number of hydrogen-bond donors (Lipinski definition) is 1. The number of carbonyl (C=O) groups excluding carboxylic acids is 1. The van der Waals surface area contributed by atoms with Crippen LogP contribution >= 0.6 is 23.2 Å². The van der Waals surface area contributed by atoms with Gasteiger partial charge in [0.1, 0.15) is 5.75 Å². The fourth-order valence-corrected chi connectivity index (χ4v) is 4.23. The molecule has 1 saturated heterocycles. The number of nitrogens with one attached hydrogen (secondary N) is 1. The Morgan fingerprint density at radius 2 is 1.94 bits per heavy atom. The van der Waals surface area contributed by atoms with Gasteiger partial charge >= 0.3 is 6.03 Å². The average molecular weight is 464 g/mol. The number of anilines is 1. The van der Waals surface area contributed by atoms with Crippen LogP contribution in [-0.2, 0) is 6.54 Å². The number of halogens is 2. The molecule has 1 heterocycles. The van der Waals surface area contributed by atoms with E-state index in [9.17, 15) is 4.79 Å². The number of methoxy groups -OCH3 is 1. The van der Waals surface area contributed by atoms with Gasteiger partial charge in [0.15, 0.2) is 0 Å². The van der Waals surface area contributed by atoms with E-state index in [4.69, 9.17) is 27.9 Å². The predicted octanol–water partition coefficient (Wildman–Crippen LogP) is 6.30. The van der Waals surface area contributed by atoms with E-state index < -0.39 is 0 Å². The third-order valence-corrected chi connectivity index (χ3v) is 6.54. The second-order valence-corrected chi connectivity index (χ2v) is 8.88. The lowest BCUT2D eigenvalue weighted by Crippen LogP contribution is -2.40. The van der Waals surface area contributed by atoms with Gasteiger partial charge < -0.3 is 19.9 Å². The molecule has 0 aliphatic carbocycles. The van der Waals surface area contributed by atoms with Crippen molar-refractivity contribution in [2.75, 3.05) is 32.1 Å². The van der Waals surface area contributed by atoms with E-state index in [1.54, 1.807) is 25.3 Å². The minimum atomic E-state index is -0.152. The van der Waals surface area contributed by atoms with Gasteiger partial charge in [-0.1, -0.05) is 41.8 Å². The molecule has 1 aliphatic heterocycles. The van der Waals surface area contributed by atoms with Gasteiger partial charge in [-0.15, -0.1) is 0 Å². The molecule has 1 N–H and O–H groups in total. The van der Waals surface area contributed by atoms with E-state index in [2.05, 4.69) is 17.1 Å². The molecule has 5 nitrogen and oxygen atoms in total. The molecule has 0 radical (unpaired) electrons. The van der Waals surface area contributed by atoms with Crippen LogP contribution in [0, 0.1) is 0 Å². The standard InChI is InChI=1S/C24H31Cl2N3O2/c1-18-6-3-4-13-28(18)14-5-15-29(17-19-7-10-21(31-2)11-8-19)24(30)27-20-9-12-22(25)23(26)16-20/h7-12,16,18H,3-6,13-15,17H2,1-2H3,(H,27,30). The number of amides is 2. The Balaban J connectivity index is 1.65. The fourth-order valence-electron chi connectivity index (χ4n) is 3.93. The van der Waals surface area contributed by atoms with Gasteiger partial charge in [0.2, 0.25) is 0 Å². The maximum Gasteiger partial charge on any atom is 0.322 e. The molecular weight excluding hydrogens is 433 g/mol. The van der Waals surface area contributed by atoms with E-state index >= 15 is 0 Å². The van der Waals surface area contributed by atoms with Crippen LogP contribution < -0.4 is 10.1 Å². The quantitative estimate of drug-likeness (QED) is 0.499. The monoisotopic (exact) mass is 463 g/mol. The van der Waals surface area contributed by atoms with Crippen molar-refractivity contribution in [2.24, 2.45) is 0 Å². The maximum absolute atomic E-state index is 13.1. The number of nitrogens with zero attached hydrogens (tertiary/aromatic N) is 2. The van der Waals surface area contributed by atoms with E-state index in [1.807, 2.05) is 29.2 Å². The number of ether oxygens (including phenoxy) is 1. The van der Waals surface area contributed by atoms with Gasteiger partial charge in [0.25, 0.3) is 0 Å². The Labute approximate surface area is 195 Å². The van der Waals surface area contributed by atoms with Gasteiger partial charge in [-0.2, -0.15) is 0 Å². The summed E-state index contributed by atoms with van der Waals surface area (Å²) in [5.74, 6) is 0.801. The normalized spacial score (nSPS) is 16.7. The van der Waals surface area contributed by atoms with Crippen LogP contribution in [0.15, 0.2) is 42.5 Å². The number of hydrogen-bond acceptors (Lipinski definition) is 3. The first-order chi connectivity index (χ1) is 15.0. The molecule has 2 aromatic carbocycles. The lowest BCUT2D eigenvalue weighted by molar-refractivity contribution is 0.150. The molecule has 1 aliphatic rings. The number of carbonyl (C=O) groups is 1. The summed E-state index contributed by atoms with van der Waals surface area (Å²) in [5.41, 5.74) is 1.68. The zero-order valence-corrected chi connectivity index (χ0v) is 19.8. The maximum atomic E-state index is 13.1. The zero-order chi connectivity index (χ0) is 22.2. The van der Waals surface area contributed by atoms with Crippen molar-refractivity contribution in [1.29, 1.82) is 0 Å². The fraction of sp³-hybridized carbons (Fsp3) is 0.458. The smallest absolute Gasteiger partial charge is 0.322 e. The highest BCUT2D eigenvalue weighted by atomic mass is 35.5. The molecule has 31 heavy (non-hydrogen) atoms. The van der Waals surface area contributed by atoms with Crippen LogP contribution in [0.25, 0.3) is 0 Å². The lowest BCUT2D eigenvalue weighted by atomic mass is 10.0. The third kappa shape index (κ3) is 7.03. The summed E-state index contributed by atoms with van der Waals surface area (Å²) in [4.78, 5) is 17.5. The highest BCUT2D eigenvalue weighted by Gasteiger charge is 2.19. The molecule has 0 saturated carbocycles. The highest BCUT2D eigenvalue weighted by molar-refractivity contribution is 6.42. The Morgan fingerprint density at radius 3 is 2.61 bits per heavy atom. The molecule has 168 valence electrons. The van der Waals surface area contributed by atoms with Crippen LogP contribution in [0.2, 0.25) is 10.0 Å². The first-order valence-electron chi connectivity index (χ1n) is 10.8. The summed E-state index contributed by atoms with van der Waals surface area (Å²) in [6.07, 6.45) is 4.76. The van der Waals surface area contributed by atoms with E-state index in [0.717, 1.165) is 30.8 Å². The van der Waals surface area contributed by atoms with E-state index in [-0.39, 0.29) is 6.03 Å². The number of rotatable bonds is 8. The van der Waals surface area contributed by atoms with Crippen LogP contribution in [0.3, 0.4) is 0 Å². The number of piperidine rings is 1. The molecule has 2 aromatic rings. The van der Waals surface area contributed by atoms with E-state index in [0.29, 0.717) is 34.9 Å². The zero-order valence-electron chi connectivity index (χ0n) is 18.2. The third-order valence-electron chi connectivity index (χ3n) is 5.80. The lowest BCUT2D eigenvalue weighted by Gasteiger charge is -2.34. The van der Waals surface area contributed by atoms with Crippen LogP contribution in [-0.4, -0.2) is 48.6 Å². The second-order valence-electron chi connectivity index (χ2n) is 8.06. The first kappa shape index (κ1) is 23.7. The largest absolute Gasteiger partial charge is 0.497 e. The van der Waals surface area contributed by atoms with Gasteiger partial charge in [-0.05, 0) is 68.6 Å². The SMILES string of the molecule is COc1ccc(CN(CCCN2CCCCC2C)C(=O)Nc2ccc(Cl)c(Cl)c2)cc1. The molecule has 3 rings (SSSR count). The number of benzene rings is 2.